The van der Waals surface area contributed by atoms with Crippen molar-refractivity contribution >= 4 is 19.8 Å². The molecule has 0 saturated carbocycles. The first-order valence-electron chi connectivity index (χ1n) is 28.3. The molecular weight excluding hydrogens is 930 g/mol. The van der Waals surface area contributed by atoms with Gasteiger partial charge in [-0.2, -0.15) is 0 Å². The van der Waals surface area contributed by atoms with Crippen molar-refractivity contribution < 1.29 is 37.6 Å². The van der Waals surface area contributed by atoms with Gasteiger partial charge in [0.2, 0.25) is 0 Å². The number of esters is 2. The first-order chi connectivity index (χ1) is 35.8. The molecular formula is C63H102NO8P. The molecule has 2 atom stereocenters. The van der Waals surface area contributed by atoms with Crippen molar-refractivity contribution in [1.29, 1.82) is 0 Å². The number of phosphoric acid groups is 1. The Morgan fingerprint density at radius 1 is 0.411 bits per heavy atom. The monoisotopic (exact) mass is 1030 g/mol. The van der Waals surface area contributed by atoms with Gasteiger partial charge in [-0.3, -0.25) is 18.6 Å². The summed E-state index contributed by atoms with van der Waals surface area (Å²) in [6.45, 7) is 3.47. The fourth-order valence-electron chi connectivity index (χ4n) is 7.11. The number of phosphoric ester groups is 1. The van der Waals surface area contributed by atoms with Gasteiger partial charge in [0.25, 0.3) is 0 Å². The molecule has 10 heteroatoms. The highest BCUT2D eigenvalue weighted by molar-refractivity contribution is 7.47. The summed E-state index contributed by atoms with van der Waals surface area (Å²) in [5, 5.41) is 0. The minimum atomic E-state index is -4.41. The summed E-state index contributed by atoms with van der Waals surface area (Å²) in [7, 11) is -4.41. The molecule has 0 bridgehead atoms. The summed E-state index contributed by atoms with van der Waals surface area (Å²) in [4.78, 5) is 35.2. The van der Waals surface area contributed by atoms with Gasteiger partial charge in [-0.05, 0) is 116 Å². The molecule has 0 aromatic heterocycles. The SMILES string of the molecule is CC/C=C\C/C=C\C/C=C\C/C=C\C/C=C\C/C=C\CCCCCCCCCCC(=O)OC(COC(=O)CCCCCCCC/C=C\C/C=C\C/C=C\C/C=C\C/C=C\C/C=C\CC)COP(=O)(O)OCCN. The summed E-state index contributed by atoms with van der Waals surface area (Å²) in [5.41, 5.74) is 5.38. The highest BCUT2D eigenvalue weighted by Gasteiger charge is 2.26. The summed E-state index contributed by atoms with van der Waals surface area (Å²) < 4.78 is 33.0. The van der Waals surface area contributed by atoms with Crippen LogP contribution in [0, 0.1) is 0 Å². The third-order valence-corrected chi connectivity index (χ3v) is 12.2. The van der Waals surface area contributed by atoms with Crippen LogP contribution in [0.15, 0.2) is 146 Å². The van der Waals surface area contributed by atoms with Crippen molar-refractivity contribution in [2.24, 2.45) is 5.73 Å². The molecule has 0 spiro atoms. The maximum Gasteiger partial charge on any atom is 0.472 e. The fourth-order valence-corrected chi connectivity index (χ4v) is 7.88. The first kappa shape index (κ1) is 68.9. The van der Waals surface area contributed by atoms with Crippen LogP contribution in [0.4, 0.5) is 0 Å². The van der Waals surface area contributed by atoms with Gasteiger partial charge in [0.15, 0.2) is 6.10 Å². The van der Waals surface area contributed by atoms with E-state index < -0.39 is 32.5 Å². The van der Waals surface area contributed by atoms with Crippen LogP contribution < -0.4 is 5.73 Å². The Morgan fingerprint density at radius 2 is 0.712 bits per heavy atom. The molecule has 0 aromatic carbocycles. The van der Waals surface area contributed by atoms with Gasteiger partial charge in [0, 0.05) is 19.4 Å². The highest BCUT2D eigenvalue weighted by atomic mass is 31.2. The van der Waals surface area contributed by atoms with Crippen molar-refractivity contribution in [2.45, 2.75) is 213 Å². The van der Waals surface area contributed by atoms with E-state index in [1.807, 2.05) is 0 Å². The smallest absolute Gasteiger partial charge is 0.462 e. The van der Waals surface area contributed by atoms with E-state index in [1.165, 1.54) is 25.7 Å². The highest BCUT2D eigenvalue weighted by Crippen LogP contribution is 2.43. The summed E-state index contributed by atoms with van der Waals surface area (Å²) in [6.07, 6.45) is 81.7. The predicted octanol–water partition coefficient (Wildman–Crippen LogP) is 18.0. The Hall–Kier alpha value is -4.11. The molecule has 9 nitrogen and oxygen atoms in total. The quantitative estimate of drug-likeness (QED) is 0.0264. The van der Waals surface area contributed by atoms with Crippen molar-refractivity contribution in [3.8, 4) is 0 Å². The summed E-state index contributed by atoms with van der Waals surface area (Å²) >= 11 is 0. The van der Waals surface area contributed by atoms with Crippen LogP contribution in [-0.4, -0.2) is 49.3 Å². The normalized spacial score (nSPS) is 14.2. The number of hydrogen-bond donors (Lipinski definition) is 2. The Balaban J connectivity index is 4.11. The minimum Gasteiger partial charge on any atom is -0.462 e. The maximum atomic E-state index is 12.7. The van der Waals surface area contributed by atoms with Crippen LogP contribution in [0.5, 0.6) is 0 Å². The Morgan fingerprint density at radius 3 is 1.05 bits per heavy atom. The molecule has 0 rings (SSSR count). The fraction of sp³-hybridized carbons (Fsp3) is 0.587. The van der Waals surface area contributed by atoms with E-state index in [1.54, 1.807) is 0 Å². The molecule has 0 aliphatic heterocycles. The van der Waals surface area contributed by atoms with Crippen LogP contribution in [0.3, 0.4) is 0 Å². The van der Waals surface area contributed by atoms with Crippen LogP contribution in [0.25, 0.3) is 0 Å². The number of hydrogen-bond acceptors (Lipinski definition) is 8. The van der Waals surface area contributed by atoms with E-state index in [0.29, 0.717) is 12.8 Å². The first-order valence-corrected chi connectivity index (χ1v) is 29.8. The molecule has 0 aliphatic carbocycles. The van der Waals surface area contributed by atoms with E-state index in [0.717, 1.165) is 141 Å². The molecule has 73 heavy (non-hydrogen) atoms. The Kier molecular flexibility index (Phi) is 54.0. The molecule has 2 unspecified atom stereocenters. The van der Waals surface area contributed by atoms with Crippen molar-refractivity contribution in [2.75, 3.05) is 26.4 Å². The van der Waals surface area contributed by atoms with Gasteiger partial charge in [-0.1, -0.05) is 224 Å². The second-order valence-electron chi connectivity index (χ2n) is 18.0. The average Bonchev–Trinajstić information content (AvgIpc) is 3.38. The molecule has 0 fully saturated rings. The van der Waals surface area contributed by atoms with Crippen molar-refractivity contribution in [1.82, 2.24) is 0 Å². The van der Waals surface area contributed by atoms with Gasteiger partial charge >= 0.3 is 19.8 Å². The number of nitrogens with two attached hydrogens (primary N) is 1. The van der Waals surface area contributed by atoms with Crippen molar-refractivity contribution in [3.05, 3.63) is 146 Å². The lowest BCUT2D eigenvalue weighted by Gasteiger charge is -2.19. The molecule has 0 radical (unpaired) electrons. The number of ether oxygens (including phenoxy) is 2. The molecule has 412 valence electrons. The van der Waals surface area contributed by atoms with Gasteiger partial charge in [0.05, 0.1) is 13.2 Å². The molecule has 0 amide bonds. The minimum absolute atomic E-state index is 0.0410. The molecule has 0 heterocycles. The van der Waals surface area contributed by atoms with Crippen LogP contribution >= 0.6 is 7.82 Å². The van der Waals surface area contributed by atoms with Crippen LogP contribution in [-0.2, 0) is 32.7 Å². The average molecular weight is 1030 g/mol. The van der Waals surface area contributed by atoms with E-state index in [4.69, 9.17) is 24.3 Å². The third kappa shape index (κ3) is 57.0. The van der Waals surface area contributed by atoms with Gasteiger partial charge in [-0.15, -0.1) is 0 Å². The van der Waals surface area contributed by atoms with Crippen LogP contribution in [0.1, 0.15) is 206 Å². The topological polar surface area (TPSA) is 134 Å². The number of carbonyl (C=O) groups is 2. The van der Waals surface area contributed by atoms with E-state index >= 15 is 0 Å². The number of unbranched alkanes of at least 4 members (excludes halogenated alkanes) is 14. The lowest BCUT2D eigenvalue weighted by Crippen LogP contribution is -2.29. The zero-order valence-electron chi connectivity index (χ0n) is 45.8. The van der Waals surface area contributed by atoms with Crippen molar-refractivity contribution in [3.63, 3.8) is 0 Å². The largest absolute Gasteiger partial charge is 0.472 e. The standard InChI is InChI=1S/C63H102NO8P/c1-3-5-7-9-11-13-15-17-19-21-23-25-27-29-30-32-34-36-38-40-42-44-46-48-50-52-54-56-63(66)72-61(60-71-73(67,68)70-58-57-64)59-69-62(65)55-53-51-49-47-45-43-41-39-37-35-33-31-28-26-24-22-20-18-16-14-12-10-8-6-4-2/h5-8,11-14,17-20,23-26,29-31,33-34,36-37,39,61H,3-4,9-10,15-16,21-22,27-28,32,35,38,40-60,64H2,1-2H3,(H,67,68)/b7-5-,8-6-,13-11-,14-12-,19-17-,20-18-,25-23-,26-24-,30-29-,33-31-,36-34-,39-37-. The predicted molar refractivity (Wildman–Crippen MR) is 311 cm³/mol. The third-order valence-electron chi connectivity index (χ3n) is 11.2. The molecule has 0 aliphatic rings. The lowest BCUT2D eigenvalue weighted by atomic mass is 10.1. The molecule has 3 N–H and O–H groups in total. The number of allylic oxidation sites excluding steroid dienone is 24. The van der Waals surface area contributed by atoms with E-state index in [2.05, 4.69) is 160 Å². The Bertz CT molecular complexity index is 1700. The second kappa shape index (κ2) is 57.2. The van der Waals surface area contributed by atoms with Gasteiger partial charge < -0.3 is 20.1 Å². The van der Waals surface area contributed by atoms with E-state index in [9.17, 15) is 19.0 Å². The Labute approximate surface area is 446 Å². The van der Waals surface area contributed by atoms with Crippen LogP contribution in [0.2, 0.25) is 0 Å². The molecule has 0 saturated heterocycles. The maximum absolute atomic E-state index is 12.7. The number of rotatable bonds is 51. The van der Waals surface area contributed by atoms with Gasteiger partial charge in [0.1, 0.15) is 6.61 Å². The zero-order valence-corrected chi connectivity index (χ0v) is 46.7. The molecule has 0 aromatic rings. The second-order valence-corrected chi connectivity index (χ2v) is 19.5. The number of carbonyl (C=O) groups excluding carboxylic acids is 2. The lowest BCUT2D eigenvalue weighted by molar-refractivity contribution is -0.161. The summed E-state index contributed by atoms with van der Waals surface area (Å²) in [6, 6.07) is 0. The van der Waals surface area contributed by atoms with Gasteiger partial charge in [-0.25, -0.2) is 4.57 Å². The summed E-state index contributed by atoms with van der Waals surface area (Å²) in [5.74, 6) is -0.866. The zero-order chi connectivity index (χ0) is 53.1. The van der Waals surface area contributed by atoms with E-state index in [-0.39, 0.29) is 32.6 Å².